The maximum atomic E-state index is 12.9. The third kappa shape index (κ3) is 5.63. The number of benzene rings is 2. The topological polar surface area (TPSA) is 96.4 Å². The third-order valence-corrected chi connectivity index (χ3v) is 6.05. The maximum Gasteiger partial charge on any atom is 0.411 e. The normalized spacial score (nSPS) is 14.1. The van der Waals surface area contributed by atoms with Crippen molar-refractivity contribution >= 4 is 28.3 Å². The van der Waals surface area contributed by atoms with Crippen LogP contribution in [0.1, 0.15) is 31.7 Å². The van der Waals surface area contributed by atoms with E-state index in [1.807, 2.05) is 6.07 Å². The Hall–Kier alpha value is -3.65. The van der Waals surface area contributed by atoms with Crippen LogP contribution in [0.4, 0.5) is 10.5 Å². The van der Waals surface area contributed by atoms with Crippen molar-refractivity contribution in [3.63, 3.8) is 0 Å². The summed E-state index contributed by atoms with van der Waals surface area (Å²) < 4.78 is 6.11. The molecule has 8 heteroatoms. The molecule has 178 valence electrons. The lowest BCUT2D eigenvalue weighted by molar-refractivity contribution is 0.168. The number of rotatable bonds is 8. The van der Waals surface area contributed by atoms with Gasteiger partial charge in [-0.05, 0) is 62.1 Å². The van der Waals surface area contributed by atoms with Crippen molar-refractivity contribution in [3.05, 3.63) is 81.0 Å². The Kier molecular flexibility index (Phi) is 7.59. The van der Waals surface area contributed by atoms with E-state index in [2.05, 4.69) is 45.5 Å². The van der Waals surface area contributed by atoms with E-state index < -0.39 is 11.8 Å². The van der Waals surface area contributed by atoms with E-state index in [1.54, 1.807) is 25.1 Å². The number of unbranched alkanes of at least 4 members (excludes halogenated alkanes) is 1. The fourth-order valence-electron chi connectivity index (χ4n) is 4.25. The van der Waals surface area contributed by atoms with Gasteiger partial charge in [0.1, 0.15) is 0 Å². The molecule has 0 spiro atoms. The molecule has 1 aliphatic heterocycles. The molecule has 2 heterocycles. The Bertz CT molecular complexity index is 1290. The van der Waals surface area contributed by atoms with Gasteiger partial charge in [0.2, 0.25) is 0 Å². The molecule has 1 aliphatic rings. The van der Waals surface area contributed by atoms with Gasteiger partial charge in [0.25, 0.3) is 5.56 Å². The monoisotopic (exact) mass is 462 g/mol. The first-order valence-corrected chi connectivity index (χ1v) is 11.7. The van der Waals surface area contributed by atoms with Crippen LogP contribution in [0.25, 0.3) is 16.5 Å². The van der Waals surface area contributed by atoms with Gasteiger partial charge in [0.15, 0.2) is 0 Å². The fraction of sp³-hybridized carbons (Fsp3) is 0.346. The molecule has 0 saturated carbocycles. The highest BCUT2D eigenvalue weighted by molar-refractivity contribution is 5.89. The Morgan fingerprint density at radius 3 is 2.62 bits per heavy atom. The van der Waals surface area contributed by atoms with Crippen molar-refractivity contribution in [2.45, 2.75) is 32.7 Å². The summed E-state index contributed by atoms with van der Waals surface area (Å²) in [4.78, 5) is 42.2. The summed E-state index contributed by atoms with van der Waals surface area (Å²) in [5.41, 5.74) is 2.75. The SMILES string of the molecule is CCOC(=O)Nc1ccc2c(=O)n(CCCCN3CC=C(c4ccccc4)CC3)c(=O)[nH]c2c1. The van der Waals surface area contributed by atoms with Crippen molar-refractivity contribution in [2.24, 2.45) is 0 Å². The van der Waals surface area contributed by atoms with Crippen molar-refractivity contribution in [3.8, 4) is 0 Å². The number of anilines is 1. The summed E-state index contributed by atoms with van der Waals surface area (Å²) in [6, 6.07) is 15.3. The molecule has 1 amide bonds. The number of hydrogen-bond acceptors (Lipinski definition) is 5. The molecule has 0 fully saturated rings. The van der Waals surface area contributed by atoms with E-state index in [4.69, 9.17) is 4.74 Å². The second-order valence-corrected chi connectivity index (χ2v) is 8.35. The molecule has 0 atom stereocenters. The van der Waals surface area contributed by atoms with Crippen molar-refractivity contribution < 1.29 is 9.53 Å². The minimum Gasteiger partial charge on any atom is -0.450 e. The zero-order valence-corrected chi connectivity index (χ0v) is 19.4. The Morgan fingerprint density at radius 2 is 1.88 bits per heavy atom. The van der Waals surface area contributed by atoms with Gasteiger partial charge in [0, 0.05) is 25.3 Å². The van der Waals surface area contributed by atoms with Crippen LogP contribution in [-0.2, 0) is 11.3 Å². The zero-order chi connectivity index (χ0) is 23.9. The minimum absolute atomic E-state index is 0.254. The first kappa shape index (κ1) is 23.5. The van der Waals surface area contributed by atoms with Crippen LogP contribution in [0.15, 0.2) is 64.2 Å². The number of aromatic nitrogens is 2. The van der Waals surface area contributed by atoms with Crippen molar-refractivity contribution in [2.75, 3.05) is 31.6 Å². The van der Waals surface area contributed by atoms with Gasteiger partial charge in [-0.3, -0.25) is 19.6 Å². The first-order chi connectivity index (χ1) is 16.5. The molecule has 0 unspecified atom stereocenters. The molecule has 4 rings (SSSR count). The molecule has 1 aromatic heterocycles. The maximum absolute atomic E-state index is 12.9. The van der Waals surface area contributed by atoms with E-state index in [1.165, 1.54) is 15.7 Å². The van der Waals surface area contributed by atoms with Gasteiger partial charge < -0.3 is 9.72 Å². The highest BCUT2D eigenvalue weighted by Crippen LogP contribution is 2.22. The highest BCUT2D eigenvalue weighted by atomic mass is 16.5. The second kappa shape index (κ2) is 11.0. The summed E-state index contributed by atoms with van der Waals surface area (Å²) in [6.45, 7) is 5.20. The number of nitrogens with one attached hydrogen (secondary N) is 2. The molecule has 2 aromatic carbocycles. The first-order valence-electron chi connectivity index (χ1n) is 11.7. The summed E-state index contributed by atoms with van der Waals surface area (Å²) in [7, 11) is 0. The molecular weight excluding hydrogens is 432 g/mol. The molecule has 3 aromatic rings. The van der Waals surface area contributed by atoms with Crippen LogP contribution >= 0.6 is 0 Å². The Labute approximate surface area is 197 Å². The number of fused-ring (bicyclic) bond motifs is 1. The molecule has 0 saturated heterocycles. The van der Waals surface area contributed by atoms with E-state index >= 15 is 0 Å². The summed E-state index contributed by atoms with van der Waals surface area (Å²) >= 11 is 0. The van der Waals surface area contributed by atoms with Crippen LogP contribution < -0.4 is 16.6 Å². The van der Waals surface area contributed by atoms with Crippen LogP contribution in [0.3, 0.4) is 0 Å². The van der Waals surface area contributed by atoms with Gasteiger partial charge >= 0.3 is 11.8 Å². The van der Waals surface area contributed by atoms with Crippen molar-refractivity contribution in [1.82, 2.24) is 14.5 Å². The Morgan fingerprint density at radius 1 is 1.09 bits per heavy atom. The number of carbonyl (C=O) groups is 1. The van der Waals surface area contributed by atoms with Crippen LogP contribution in [-0.4, -0.2) is 46.8 Å². The standard InChI is InChI=1S/C26H30N4O4/c1-2-34-26(33)27-21-10-11-22-23(18-21)28-25(32)30(24(22)31)15-7-6-14-29-16-12-20(13-17-29)19-8-4-3-5-9-19/h3-5,8-12,18H,2,6-7,13-17H2,1H3,(H,27,33)(H,28,32). The van der Waals surface area contributed by atoms with Gasteiger partial charge in [-0.15, -0.1) is 0 Å². The fourth-order valence-corrected chi connectivity index (χ4v) is 4.25. The van der Waals surface area contributed by atoms with Gasteiger partial charge in [-0.1, -0.05) is 36.4 Å². The van der Waals surface area contributed by atoms with Crippen molar-refractivity contribution in [1.29, 1.82) is 0 Å². The van der Waals surface area contributed by atoms with Gasteiger partial charge in [-0.2, -0.15) is 0 Å². The predicted octanol–water partition coefficient (Wildman–Crippen LogP) is 3.83. The highest BCUT2D eigenvalue weighted by Gasteiger charge is 2.13. The summed E-state index contributed by atoms with van der Waals surface area (Å²) in [5, 5.41) is 2.98. The van der Waals surface area contributed by atoms with E-state index in [0.717, 1.165) is 38.9 Å². The van der Waals surface area contributed by atoms with Crippen LogP contribution in [0.2, 0.25) is 0 Å². The molecule has 0 aliphatic carbocycles. The largest absolute Gasteiger partial charge is 0.450 e. The van der Waals surface area contributed by atoms with Crippen LogP contribution in [0, 0.1) is 0 Å². The van der Waals surface area contributed by atoms with Crippen LogP contribution in [0.5, 0.6) is 0 Å². The number of hydrogen-bond donors (Lipinski definition) is 2. The molecule has 34 heavy (non-hydrogen) atoms. The number of aromatic amines is 1. The number of H-pyrrole nitrogens is 1. The van der Waals surface area contributed by atoms with E-state index in [0.29, 0.717) is 23.1 Å². The molecule has 2 N–H and O–H groups in total. The summed E-state index contributed by atoms with van der Waals surface area (Å²) in [5.74, 6) is 0. The zero-order valence-electron chi connectivity index (χ0n) is 19.4. The lowest BCUT2D eigenvalue weighted by Crippen LogP contribution is -2.35. The molecule has 0 bridgehead atoms. The molecular formula is C26H30N4O4. The summed E-state index contributed by atoms with van der Waals surface area (Å²) in [6.07, 6.45) is 4.38. The second-order valence-electron chi connectivity index (χ2n) is 8.35. The van der Waals surface area contributed by atoms with Gasteiger partial charge in [0.05, 0.1) is 17.5 Å². The molecule has 0 radical (unpaired) electrons. The lowest BCUT2D eigenvalue weighted by Gasteiger charge is -2.26. The number of amides is 1. The van der Waals surface area contributed by atoms with E-state index in [-0.39, 0.29) is 12.2 Å². The number of nitrogens with zero attached hydrogens (tertiary/aromatic N) is 2. The smallest absolute Gasteiger partial charge is 0.411 e. The minimum atomic E-state index is -0.585. The average Bonchev–Trinajstić information content (AvgIpc) is 2.84. The van der Waals surface area contributed by atoms with Gasteiger partial charge in [-0.25, -0.2) is 9.59 Å². The number of ether oxygens (including phenoxy) is 1. The van der Waals surface area contributed by atoms with E-state index in [9.17, 15) is 14.4 Å². The lowest BCUT2D eigenvalue weighted by atomic mass is 9.99. The predicted molar refractivity (Wildman–Crippen MR) is 134 cm³/mol. The third-order valence-electron chi connectivity index (χ3n) is 6.05. The Balaban J connectivity index is 1.33. The quantitative estimate of drug-likeness (QED) is 0.496. The average molecular weight is 463 g/mol. The number of carbonyl (C=O) groups excluding carboxylic acids is 1. The molecule has 8 nitrogen and oxygen atoms in total.